The molecule has 0 amide bonds. The average molecular weight is 365 g/mol. The van der Waals surface area contributed by atoms with Crippen LogP contribution >= 0.6 is 0 Å². The molecule has 6 heteroatoms. The summed E-state index contributed by atoms with van der Waals surface area (Å²) in [5, 5.41) is 6.94. The van der Waals surface area contributed by atoms with Gasteiger partial charge in [0.2, 0.25) is 0 Å². The van der Waals surface area contributed by atoms with E-state index in [9.17, 15) is 0 Å². The van der Waals surface area contributed by atoms with Crippen molar-refractivity contribution in [2.45, 2.75) is 39.5 Å². The molecule has 0 aliphatic carbocycles. The highest BCUT2D eigenvalue weighted by Crippen LogP contribution is 2.07. The van der Waals surface area contributed by atoms with Crippen LogP contribution in [-0.4, -0.2) is 63.3 Å². The van der Waals surface area contributed by atoms with E-state index in [-0.39, 0.29) is 0 Å². The highest BCUT2D eigenvalue weighted by atomic mass is 16.5. The van der Waals surface area contributed by atoms with Crippen molar-refractivity contribution >= 4 is 5.96 Å². The third-order valence-electron chi connectivity index (χ3n) is 4.95. The molecule has 26 heavy (non-hydrogen) atoms. The van der Waals surface area contributed by atoms with Crippen molar-refractivity contribution in [3.8, 4) is 0 Å². The summed E-state index contributed by atoms with van der Waals surface area (Å²) in [6.07, 6.45) is 6.06. The Bertz CT molecular complexity index is 480. The molecule has 0 aromatic carbocycles. The van der Waals surface area contributed by atoms with Crippen molar-refractivity contribution < 1.29 is 9.15 Å². The van der Waals surface area contributed by atoms with E-state index in [1.54, 1.807) is 6.26 Å². The van der Waals surface area contributed by atoms with Crippen LogP contribution in [0.1, 0.15) is 38.9 Å². The molecule has 1 aliphatic heterocycles. The monoisotopic (exact) mass is 364 g/mol. The third-order valence-corrected chi connectivity index (χ3v) is 4.95. The standard InChI is InChI=1S/C20H36N4O2/c1-3-18(4-2)17-23-20(22-10-8-19-7-5-14-26-19)21-9-6-11-24-12-15-25-16-13-24/h5,7,14,18H,3-4,6,8-13,15-17H2,1-2H3,(H2,21,22,23). The first kappa shape index (κ1) is 20.8. The zero-order valence-electron chi connectivity index (χ0n) is 16.5. The fraction of sp³-hybridized carbons (Fsp3) is 0.750. The fourth-order valence-corrected chi connectivity index (χ4v) is 3.03. The van der Waals surface area contributed by atoms with Crippen molar-refractivity contribution in [2.24, 2.45) is 10.9 Å². The van der Waals surface area contributed by atoms with Gasteiger partial charge in [-0.1, -0.05) is 26.7 Å². The van der Waals surface area contributed by atoms with Crippen LogP contribution in [0.25, 0.3) is 0 Å². The lowest BCUT2D eigenvalue weighted by molar-refractivity contribution is 0.0376. The Morgan fingerprint density at radius 3 is 2.65 bits per heavy atom. The van der Waals surface area contributed by atoms with E-state index in [1.807, 2.05) is 12.1 Å². The molecule has 0 radical (unpaired) electrons. The van der Waals surface area contributed by atoms with Crippen molar-refractivity contribution in [2.75, 3.05) is 52.5 Å². The molecule has 2 heterocycles. The predicted octanol–water partition coefficient (Wildman–Crippen LogP) is 2.52. The number of nitrogens with one attached hydrogen (secondary N) is 2. The molecule has 0 unspecified atom stereocenters. The van der Waals surface area contributed by atoms with E-state index in [4.69, 9.17) is 14.1 Å². The molecular weight excluding hydrogens is 328 g/mol. The maximum Gasteiger partial charge on any atom is 0.191 e. The molecular formula is C20H36N4O2. The van der Waals surface area contributed by atoms with Gasteiger partial charge in [0.25, 0.3) is 0 Å². The fourth-order valence-electron chi connectivity index (χ4n) is 3.03. The van der Waals surface area contributed by atoms with Crippen LogP contribution in [0.2, 0.25) is 0 Å². The Kier molecular flexibility index (Phi) is 10.2. The first-order valence-electron chi connectivity index (χ1n) is 10.2. The van der Waals surface area contributed by atoms with Crippen molar-refractivity contribution in [3.63, 3.8) is 0 Å². The first-order valence-corrected chi connectivity index (χ1v) is 10.2. The van der Waals surface area contributed by atoms with E-state index in [0.29, 0.717) is 5.92 Å². The number of hydrogen-bond acceptors (Lipinski definition) is 4. The maximum absolute atomic E-state index is 5.40. The largest absolute Gasteiger partial charge is 0.469 e. The highest BCUT2D eigenvalue weighted by Gasteiger charge is 2.09. The quantitative estimate of drug-likeness (QED) is 0.359. The van der Waals surface area contributed by atoms with Crippen LogP contribution in [0.3, 0.4) is 0 Å². The van der Waals surface area contributed by atoms with Crippen LogP contribution < -0.4 is 10.6 Å². The van der Waals surface area contributed by atoms with Gasteiger partial charge in [-0.25, -0.2) is 0 Å². The van der Waals surface area contributed by atoms with E-state index >= 15 is 0 Å². The van der Waals surface area contributed by atoms with Gasteiger partial charge in [0.05, 0.1) is 19.5 Å². The molecule has 0 atom stereocenters. The number of nitrogens with zero attached hydrogens (tertiary/aromatic N) is 2. The Morgan fingerprint density at radius 2 is 1.96 bits per heavy atom. The number of morpholine rings is 1. The maximum atomic E-state index is 5.40. The van der Waals surface area contributed by atoms with Crippen LogP contribution in [0.15, 0.2) is 27.8 Å². The lowest BCUT2D eigenvalue weighted by Crippen LogP contribution is -2.41. The van der Waals surface area contributed by atoms with Crippen molar-refractivity contribution in [1.29, 1.82) is 0 Å². The summed E-state index contributed by atoms with van der Waals surface area (Å²) >= 11 is 0. The van der Waals surface area contributed by atoms with Gasteiger partial charge in [-0.15, -0.1) is 0 Å². The smallest absolute Gasteiger partial charge is 0.191 e. The number of ether oxygens (including phenoxy) is 1. The van der Waals surface area contributed by atoms with Gasteiger partial charge in [0.15, 0.2) is 5.96 Å². The Balaban J connectivity index is 1.72. The van der Waals surface area contributed by atoms with E-state index in [1.165, 1.54) is 12.8 Å². The van der Waals surface area contributed by atoms with Crippen LogP contribution in [0, 0.1) is 5.92 Å². The number of aliphatic imine (C=N–C) groups is 1. The van der Waals surface area contributed by atoms with Gasteiger partial charge in [0, 0.05) is 39.1 Å². The van der Waals surface area contributed by atoms with Crippen LogP contribution in [0.5, 0.6) is 0 Å². The molecule has 6 nitrogen and oxygen atoms in total. The molecule has 2 N–H and O–H groups in total. The minimum Gasteiger partial charge on any atom is -0.469 e. The van der Waals surface area contributed by atoms with E-state index < -0.39 is 0 Å². The highest BCUT2D eigenvalue weighted by molar-refractivity contribution is 5.79. The molecule has 0 saturated carbocycles. The zero-order valence-corrected chi connectivity index (χ0v) is 16.5. The number of guanidine groups is 1. The normalized spacial score (nSPS) is 16.2. The summed E-state index contributed by atoms with van der Waals surface area (Å²) in [6, 6.07) is 3.94. The van der Waals surface area contributed by atoms with Crippen molar-refractivity contribution in [1.82, 2.24) is 15.5 Å². The Labute approximate surface area is 158 Å². The second-order valence-electron chi connectivity index (χ2n) is 6.86. The number of hydrogen-bond donors (Lipinski definition) is 2. The summed E-state index contributed by atoms with van der Waals surface area (Å²) in [7, 11) is 0. The molecule has 1 saturated heterocycles. The third kappa shape index (κ3) is 8.23. The number of furan rings is 1. The molecule has 1 fully saturated rings. The SMILES string of the molecule is CCC(CC)CN=C(NCCCN1CCOCC1)NCCc1ccco1. The molecule has 0 bridgehead atoms. The lowest BCUT2D eigenvalue weighted by Gasteiger charge is -2.26. The van der Waals surface area contributed by atoms with Crippen LogP contribution in [0.4, 0.5) is 0 Å². The summed E-state index contributed by atoms with van der Waals surface area (Å²) in [6.45, 7) is 12.1. The number of rotatable bonds is 11. The zero-order chi connectivity index (χ0) is 18.5. The predicted molar refractivity (Wildman–Crippen MR) is 107 cm³/mol. The summed E-state index contributed by atoms with van der Waals surface area (Å²) < 4.78 is 10.8. The molecule has 2 rings (SSSR count). The molecule has 1 aromatic rings. The first-order chi connectivity index (χ1) is 12.8. The average Bonchev–Trinajstić information content (AvgIpc) is 3.19. The van der Waals surface area contributed by atoms with Gasteiger partial charge >= 0.3 is 0 Å². The van der Waals surface area contributed by atoms with Gasteiger partial charge in [-0.2, -0.15) is 0 Å². The summed E-state index contributed by atoms with van der Waals surface area (Å²) in [5.41, 5.74) is 0. The Morgan fingerprint density at radius 1 is 1.19 bits per heavy atom. The molecule has 148 valence electrons. The molecule has 1 aromatic heterocycles. The minimum absolute atomic E-state index is 0.659. The van der Waals surface area contributed by atoms with Gasteiger partial charge in [-0.3, -0.25) is 9.89 Å². The van der Waals surface area contributed by atoms with Gasteiger partial charge in [0.1, 0.15) is 5.76 Å². The summed E-state index contributed by atoms with van der Waals surface area (Å²) in [4.78, 5) is 7.27. The summed E-state index contributed by atoms with van der Waals surface area (Å²) in [5.74, 6) is 2.58. The topological polar surface area (TPSA) is 62.0 Å². The van der Waals surface area contributed by atoms with Crippen LogP contribution in [-0.2, 0) is 11.2 Å². The molecule has 1 aliphatic rings. The second-order valence-corrected chi connectivity index (χ2v) is 6.86. The Hall–Kier alpha value is -1.53. The van der Waals surface area contributed by atoms with E-state index in [2.05, 4.69) is 29.4 Å². The van der Waals surface area contributed by atoms with E-state index in [0.717, 1.165) is 77.0 Å². The van der Waals surface area contributed by atoms with Crippen molar-refractivity contribution in [3.05, 3.63) is 24.2 Å². The molecule has 0 spiro atoms. The second kappa shape index (κ2) is 12.8. The van der Waals surface area contributed by atoms with Gasteiger partial charge in [-0.05, 0) is 31.0 Å². The lowest BCUT2D eigenvalue weighted by atomic mass is 10.0. The van der Waals surface area contributed by atoms with Gasteiger partial charge < -0.3 is 19.8 Å². The minimum atomic E-state index is 0.659.